The highest BCUT2D eigenvalue weighted by molar-refractivity contribution is 5.99. The van der Waals surface area contributed by atoms with E-state index >= 15 is 0 Å². The molecule has 0 spiro atoms. The molecule has 1 aromatic rings. The number of carboxylic acid groups (broad SMARTS) is 1. The standard InChI is InChI=1S/C16H20N4O3/c1-3-20(9-6-13-4-7-18-8-5-13)11-14(10-17)15(21)19-12(2)16(22)23/h4-5,7-8,11-12H,3,6,9H2,1-2H3,(H,19,21)(H,22,23)/b14-11-. The van der Waals surface area contributed by atoms with E-state index in [4.69, 9.17) is 10.4 Å². The third-order valence-electron chi connectivity index (χ3n) is 3.24. The number of amides is 1. The maximum Gasteiger partial charge on any atom is 0.325 e. The number of carbonyl (C=O) groups excluding carboxylic acids is 1. The number of likely N-dealkylation sites (N-methyl/N-ethyl adjacent to an activating group) is 1. The normalized spacial score (nSPS) is 12.1. The lowest BCUT2D eigenvalue weighted by Crippen LogP contribution is -2.39. The first-order valence-electron chi connectivity index (χ1n) is 7.26. The van der Waals surface area contributed by atoms with Gasteiger partial charge < -0.3 is 15.3 Å². The summed E-state index contributed by atoms with van der Waals surface area (Å²) in [6.45, 7) is 4.51. The van der Waals surface area contributed by atoms with Gasteiger partial charge in [-0.25, -0.2) is 0 Å². The molecule has 1 aromatic heterocycles. The first-order valence-corrected chi connectivity index (χ1v) is 7.26. The Bertz CT molecular complexity index is 608. The minimum Gasteiger partial charge on any atom is -0.480 e. The Morgan fingerprint density at radius 3 is 2.65 bits per heavy atom. The fraction of sp³-hybridized carbons (Fsp3) is 0.375. The van der Waals surface area contributed by atoms with Crippen LogP contribution in [0.1, 0.15) is 19.4 Å². The topological polar surface area (TPSA) is 106 Å². The molecule has 0 aromatic carbocycles. The second-order valence-corrected chi connectivity index (χ2v) is 4.92. The molecular formula is C16H20N4O3. The molecule has 0 fully saturated rings. The molecule has 1 heterocycles. The van der Waals surface area contributed by atoms with E-state index < -0.39 is 17.9 Å². The van der Waals surface area contributed by atoms with Crippen molar-refractivity contribution in [2.45, 2.75) is 26.3 Å². The number of hydrogen-bond donors (Lipinski definition) is 2. The SMILES string of the molecule is CCN(/C=C(/C#N)C(=O)NC(C)C(=O)O)CCc1ccncc1. The van der Waals surface area contributed by atoms with Crippen LogP contribution in [0.3, 0.4) is 0 Å². The van der Waals surface area contributed by atoms with E-state index in [1.54, 1.807) is 12.4 Å². The van der Waals surface area contributed by atoms with Crippen molar-refractivity contribution in [3.8, 4) is 6.07 Å². The van der Waals surface area contributed by atoms with Crippen LogP contribution in [0.4, 0.5) is 0 Å². The van der Waals surface area contributed by atoms with E-state index in [9.17, 15) is 9.59 Å². The summed E-state index contributed by atoms with van der Waals surface area (Å²) in [7, 11) is 0. The lowest BCUT2D eigenvalue weighted by atomic mass is 10.2. The quantitative estimate of drug-likeness (QED) is 0.546. The first kappa shape index (κ1) is 18.2. The van der Waals surface area contributed by atoms with Crippen LogP contribution in [0.5, 0.6) is 0 Å². The van der Waals surface area contributed by atoms with Gasteiger partial charge in [0.1, 0.15) is 17.7 Å². The maximum absolute atomic E-state index is 11.9. The van der Waals surface area contributed by atoms with Crippen LogP contribution >= 0.6 is 0 Å². The van der Waals surface area contributed by atoms with Crippen LogP contribution in [0.25, 0.3) is 0 Å². The van der Waals surface area contributed by atoms with Gasteiger partial charge in [-0.15, -0.1) is 0 Å². The van der Waals surface area contributed by atoms with E-state index in [1.165, 1.54) is 13.1 Å². The molecule has 0 saturated carbocycles. The molecule has 0 aliphatic heterocycles. The van der Waals surface area contributed by atoms with Crippen molar-refractivity contribution in [3.05, 3.63) is 41.9 Å². The molecule has 7 nitrogen and oxygen atoms in total. The van der Waals surface area contributed by atoms with Gasteiger partial charge in [0.2, 0.25) is 0 Å². The summed E-state index contributed by atoms with van der Waals surface area (Å²) in [5.41, 5.74) is 0.990. The van der Waals surface area contributed by atoms with Crippen molar-refractivity contribution in [1.29, 1.82) is 5.26 Å². The van der Waals surface area contributed by atoms with Crippen molar-refractivity contribution in [3.63, 3.8) is 0 Å². The van der Waals surface area contributed by atoms with Crippen molar-refractivity contribution in [2.75, 3.05) is 13.1 Å². The summed E-state index contributed by atoms with van der Waals surface area (Å²) in [6, 6.07) is 4.58. The third-order valence-corrected chi connectivity index (χ3v) is 3.24. The van der Waals surface area contributed by atoms with Crippen molar-refractivity contribution in [1.82, 2.24) is 15.2 Å². The Hall–Kier alpha value is -2.88. The van der Waals surface area contributed by atoms with Crippen molar-refractivity contribution < 1.29 is 14.7 Å². The molecule has 1 amide bonds. The molecule has 1 atom stereocenters. The molecule has 122 valence electrons. The Kier molecular flexibility index (Phi) is 7.27. The molecule has 2 N–H and O–H groups in total. The number of pyridine rings is 1. The van der Waals surface area contributed by atoms with Crippen LogP contribution in [0.15, 0.2) is 36.3 Å². The first-order chi connectivity index (χ1) is 11.0. The zero-order chi connectivity index (χ0) is 17.2. The van der Waals surface area contributed by atoms with Crippen LogP contribution in [-0.2, 0) is 16.0 Å². The molecule has 7 heteroatoms. The van der Waals surface area contributed by atoms with Gasteiger partial charge in [0.05, 0.1) is 0 Å². The van der Waals surface area contributed by atoms with Crippen LogP contribution < -0.4 is 5.32 Å². The van der Waals surface area contributed by atoms with E-state index in [1.807, 2.05) is 30.0 Å². The van der Waals surface area contributed by atoms with Crippen LogP contribution in [0, 0.1) is 11.3 Å². The predicted octanol–water partition coefficient (Wildman–Crippen LogP) is 0.943. The number of aromatic nitrogens is 1. The molecule has 1 rings (SSSR count). The molecule has 0 aliphatic rings. The Balaban J connectivity index is 2.71. The zero-order valence-electron chi connectivity index (χ0n) is 13.2. The summed E-state index contributed by atoms with van der Waals surface area (Å²) in [6.07, 6.45) is 5.63. The summed E-state index contributed by atoms with van der Waals surface area (Å²) in [5, 5.41) is 20.2. The highest BCUT2D eigenvalue weighted by atomic mass is 16.4. The molecule has 0 bridgehead atoms. The van der Waals surface area contributed by atoms with Gasteiger partial charge in [-0.3, -0.25) is 14.6 Å². The Morgan fingerprint density at radius 2 is 2.13 bits per heavy atom. The van der Waals surface area contributed by atoms with Gasteiger partial charge in [-0.2, -0.15) is 5.26 Å². The molecule has 0 radical (unpaired) electrons. The van der Waals surface area contributed by atoms with Gasteiger partial charge in [-0.1, -0.05) is 0 Å². The highest BCUT2D eigenvalue weighted by Gasteiger charge is 2.17. The predicted molar refractivity (Wildman–Crippen MR) is 84.1 cm³/mol. The Morgan fingerprint density at radius 1 is 1.48 bits per heavy atom. The van der Waals surface area contributed by atoms with E-state index in [-0.39, 0.29) is 5.57 Å². The highest BCUT2D eigenvalue weighted by Crippen LogP contribution is 2.03. The van der Waals surface area contributed by atoms with Crippen LogP contribution in [-0.4, -0.2) is 46.0 Å². The van der Waals surface area contributed by atoms with Crippen LogP contribution in [0.2, 0.25) is 0 Å². The lowest BCUT2D eigenvalue weighted by molar-refractivity contribution is -0.140. The largest absolute Gasteiger partial charge is 0.480 e. The van der Waals surface area contributed by atoms with E-state index in [2.05, 4.69) is 10.3 Å². The molecular weight excluding hydrogens is 296 g/mol. The van der Waals surface area contributed by atoms with Crippen molar-refractivity contribution >= 4 is 11.9 Å². The number of nitriles is 1. The van der Waals surface area contributed by atoms with E-state index in [0.29, 0.717) is 13.1 Å². The van der Waals surface area contributed by atoms with Crippen molar-refractivity contribution in [2.24, 2.45) is 0 Å². The number of carbonyl (C=O) groups is 2. The summed E-state index contributed by atoms with van der Waals surface area (Å²) in [4.78, 5) is 28.5. The number of nitrogens with zero attached hydrogens (tertiary/aromatic N) is 3. The Labute approximate surface area is 135 Å². The van der Waals surface area contributed by atoms with Gasteiger partial charge in [0.25, 0.3) is 5.91 Å². The summed E-state index contributed by atoms with van der Waals surface area (Å²) in [5.74, 6) is -1.84. The molecule has 1 unspecified atom stereocenters. The van der Waals surface area contributed by atoms with Gasteiger partial charge in [-0.05, 0) is 38.0 Å². The number of rotatable bonds is 8. The molecule has 23 heavy (non-hydrogen) atoms. The average molecular weight is 316 g/mol. The fourth-order valence-corrected chi connectivity index (χ4v) is 1.79. The van der Waals surface area contributed by atoms with Gasteiger partial charge in [0.15, 0.2) is 0 Å². The number of nitrogens with one attached hydrogen (secondary N) is 1. The van der Waals surface area contributed by atoms with Gasteiger partial charge in [0, 0.05) is 31.7 Å². The van der Waals surface area contributed by atoms with E-state index in [0.717, 1.165) is 12.0 Å². The number of carboxylic acids is 1. The second-order valence-electron chi connectivity index (χ2n) is 4.92. The summed E-state index contributed by atoms with van der Waals surface area (Å²) >= 11 is 0. The average Bonchev–Trinajstić information content (AvgIpc) is 2.55. The maximum atomic E-state index is 11.9. The smallest absolute Gasteiger partial charge is 0.325 e. The molecule has 0 aliphatic carbocycles. The minimum absolute atomic E-state index is 0.116. The van der Waals surface area contributed by atoms with Gasteiger partial charge >= 0.3 is 5.97 Å². The number of aliphatic carboxylic acids is 1. The third kappa shape index (κ3) is 6.18. The minimum atomic E-state index is -1.15. The summed E-state index contributed by atoms with van der Waals surface area (Å²) < 4.78 is 0. The monoisotopic (exact) mass is 316 g/mol. The second kappa shape index (κ2) is 9.20. The zero-order valence-corrected chi connectivity index (χ0v) is 13.2. The number of hydrogen-bond acceptors (Lipinski definition) is 5. The fourth-order valence-electron chi connectivity index (χ4n) is 1.79. The molecule has 0 saturated heterocycles. The lowest BCUT2D eigenvalue weighted by Gasteiger charge is -2.19.